The summed E-state index contributed by atoms with van der Waals surface area (Å²) in [5.41, 5.74) is 3.08. The zero-order chi connectivity index (χ0) is 20.3. The Morgan fingerprint density at radius 2 is 1.86 bits per heavy atom. The maximum atomic E-state index is 12.7. The number of fused-ring (bicyclic) bond motifs is 1. The number of rotatable bonds is 5. The molecule has 5 nitrogen and oxygen atoms in total. The average molecular weight is 394 g/mol. The highest BCUT2D eigenvalue weighted by Crippen LogP contribution is 2.23. The van der Waals surface area contributed by atoms with Crippen molar-refractivity contribution in [2.45, 2.75) is 26.3 Å². The molecule has 0 saturated carbocycles. The van der Waals surface area contributed by atoms with Crippen molar-refractivity contribution in [3.8, 4) is 0 Å². The van der Waals surface area contributed by atoms with Gasteiger partial charge in [-0.05, 0) is 47.9 Å². The molecule has 1 heterocycles. The smallest absolute Gasteiger partial charge is 0.337 e. The van der Waals surface area contributed by atoms with Gasteiger partial charge in [0, 0.05) is 12.1 Å². The number of allylic oxidation sites excluding steroid dienone is 1. The van der Waals surface area contributed by atoms with Crippen molar-refractivity contribution in [1.29, 1.82) is 0 Å². The largest absolute Gasteiger partial charge is 0.465 e. The van der Waals surface area contributed by atoms with Crippen LogP contribution >= 0.6 is 11.3 Å². The first-order valence-electron chi connectivity index (χ1n) is 8.96. The Morgan fingerprint density at radius 1 is 1.18 bits per heavy atom. The lowest BCUT2D eigenvalue weighted by molar-refractivity contribution is 0.0600. The Hall–Kier alpha value is -2.99. The predicted molar refractivity (Wildman–Crippen MR) is 112 cm³/mol. The molecule has 0 saturated heterocycles. The number of amides is 1. The molecule has 0 aliphatic rings. The van der Waals surface area contributed by atoms with Crippen LogP contribution in [0.2, 0.25) is 0 Å². The number of nitrogens with zero attached hydrogens (tertiary/aromatic N) is 2. The van der Waals surface area contributed by atoms with Crippen molar-refractivity contribution in [2.24, 2.45) is 4.99 Å². The van der Waals surface area contributed by atoms with E-state index in [-0.39, 0.29) is 5.91 Å². The van der Waals surface area contributed by atoms with Crippen molar-refractivity contribution in [3.63, 3.8) is 0 Å². The monoisotopic (exact) mass is 394 g/mol. The van der Waals surface area contributed by atoms with E-state index in [1.54, 1.807) is 30.3 Å². The van der Waals surface area contributed by atoms with Gasteiger partial charge < -0.3 is 9.30 Å². The number of ether oxygens (including phenoxy) is 1. The number of benzene rings is 2. The molecule has 0 aliphatic carbocycles. The van der Waals surface area contributed by atoms with Gasteiger partial charge in [0.05, 0.1) is 22.9 Å². The second-order valence-corrected chi connectivity index (χ2v) is 7.66. The maximum Gasteiger partial charge on any atom is 0.337 e. The molecule has 6 heteroatoms. The summed E-state index contributed by atoms with van der Waals surface area (Å²) >= 11 is 1.48. The van der Waals surface area contributed by atoms with Gasteiger partial charge in [0.2, 0.25) is 0 Å². The van der Waals surface area contributed by atoms with Crippen LogP contribution in [0.5, 0.6) is 0 Å². The summed E-state index contributed by atoms with van der Waals surface area (Å²) in [7, 11) is 1.32. The summed E-state index contributed by atoms with van der Waals surface area (Å²) in [6.07, 6.45) is 1.79. The Bertz CT molecular complexity index is 1110. The molecule has 0 radical (unpaired) electrons. The van der Waals surface area contributed by atoms with Gasteiger partial charge in [-0.3, -0.25) is 4.79 Å². The zero-order valence-electron chi connectivity index (χ0n) is 16.1. The van der Waals surface area contributed by atoms with Crippen molar-refractivity contribution < 1.29 is 14.3 Å². The lowest BCUT2D eigenvalue weighted by Gasteiger charge is -2.06. The fourth-order valence-corrected chi connectivity index (χ4v) is 3.94. The average Bonchev–Trinajstić information content (AvgIpc) is 3.04. The molecule has 3 aromatic rings. The Morgan fingerprint density at radius 3 is 2.46 bits per heavy atom. The molecule has 3 rings (SSSR count). The van der Waals surface area contributed by atoms with Crippen molar-refractivity contribution >= 4 is 33.4 Å². The quantitative estimate of drug-likeness (QED) is 0.471. The number of hydrogen-bond donors (Lipinski definition) is 0. The highest BCUT2D eigenvalue weighted by atomic mass is 32.1. The Labute approximate surface area is 167 Å². The lowest BCUT2D eigenvalue weighted by Crippen LogP contribution is -2.16. The fraction of sp³-hybridized carbons (Fsp3) is 0.227. The van der Waals surface area contributed by atoms with E-state index in [4.69, 9.17) is 0 Å². The van der Waals surface area contributed by atoms with Gasteiger partial charge in [-0.1, -0.05) is 37.3 Å². The van der Waals surface area contributed by atoms with E-state index in [0.29, 0.717) is 28.4 Å². The van der Waals surface area contributed by atoms with Crippen LogP contribution in [0.1, 0.15) is 46.0 Å². The van der Waals surface area contributed by atoms with Crippen LogP contribution in [0.3, 0.4) is 0 Å². The van der Waals surface area contributed by atoms with Crippen LogP contribution in [-0.4, -0.2) is 23.6 Å². The molecular weight excluding hydrogens is 372 g/mol. The molecule has 0 spiro atoms. The van der Waals surface area contributed by atoms with Gasteiger partial charge in [-0.15, -0.1) is 6.58 Å². The number of methoxy groups -OCH3 is 1. The van der Waals surface area contributed by atoms with Gasteiger partial charge in [0.15, 0.2) is 4.80 Å². The van der Waals surface area contributed by atoms with Gasteiger partial charge >= 0.3 is 5.97 Å². The molecule has 1 aromatic heterocycles. The molecule has 0 atom stereocenters. The summed E-state index contributed by atoms with van der Waals surface area (Å²) in [6.45, 7) is 8.68. The second kappa shape index (κ2) is 8.35. The summed E-state index contributed by atoms with van der Waals surface area (Å²) in [6, 6.07) is 12.6. The molecule has 0 N–H and O–H groups in total. The number of thiazole rings is 1. The Balaban J connectivity index is 2.04. The van der Waals surface area contributed by atoms with Crippen molar-refractivity contribution in [2.75, 3.05) is 7.11 Å². The molecule has 0 bridgehead atoms. The third-order valence-electron chi connectivity index (χ3n) is 4.44. The minimum Gasteiger partial charge on any atom is -0.465 e. The third kappa shape index (κ3) is 3.97. The fourth-order valence-electron chi connectivity index (χ4n) is 2.86. The van der Waals surface area contributed by atoms with Crippen LogP contribution in [-0.2, 0) is 11.3 Å². The Kier molecular flexibility index (Phi) is 5.90. The van der Waals surface area contributed by atoms with Crippen LogP contribution in [0, 0.1) is 0 Å². The number of carbonyl (C=O) groups is 2. The van der Waals surface area contributed by atoms with Crippen molar-refractivity contribution in [1.82, 2.24) is 4.57 Å². The minimum absolute atomic E-state index is 0.357. The van der Waals surface area contributed by atoms with E-state index in [0.717, 1.165) is 10.2 Å². The van der Waals surface area contributed by atoms with Crippen LogP contribution in [0.4, 0.5) is 0 Å². The van der Waals surface area contributed by atoms with Gasteiger partial charge in [0.25, 0.3) is 5.91 Å². The van der Waals surface area contributed by atoms with Gasteiger partial charge in [0.1, 0.15) is 0 Å². The highest BCUT2D eigenvalue weighted by molar-refractivity contribution is 7.16. The van der Waals surface area contributed by atoms with Crippen LogP contribution in [0.25, 0.3) is 10.2 Å². The van der Waals surface area contributed by atoms with E-state index in [1.807, 2.05) is 4.57 Å². The van der Waals surface area contributed by atoms with E-state index < -0.39 is 5.97 Å². The maximum absolute atomic E-state index is 12.7. The minimum atomic E-state index is -0.440. The molecule has 0 aliphatic heterocycles. The van der Waals surface area contributed by atoms with E-state index in [1.165, 1.54) is 24.0 Å². The zero-order valence-corrected chi connectivity index (χ0v) is 17.0. The van der Waals surface area contributed by atoms with Crippen LogP contribution in [0.15, 0.2) is 60.1 Å². The van der Waals surface area contributed by atoms with Gasteiger partial charge in [-0.2, -0.15) is 4.99 Å². The SMILES string of the molecule is C=CCn1c(=NC(=O)c2ccc(C(=O)OC)cc2)sc2cc(C(C)C)ccc21. The molecule has 0 fully saturated rings. The first-order chi connectivity index (χ1) is 13.4. The molecular formula is C22H22N2O3S. The topological polar surface area (TPSA) is 60.7 Å². The molecule has 0 unspecified atom stereocenters. The molecule has 1 amide bonds. The number of aromatic nitrogens is 1. The normalized spacial score (nSPS) is 11.8. The lowest BCUT2D eigenvalue weighted by atomic mass is 10.0. The van der Waals surface area contributed by atoms with Crippen LogP contribution < -0.4 is 4.80 Å². The number of esters is 1. The molecule has 2 aromatic carbocycles. The molecule has 144 valence electrons. The van der Waals surface area contributed by atoms with Crippen molar-refractivity contribution in [3.05, 3.63) is 76.6 Å². The summed E-state index contributed by atoms with van der Waals surface area (Å²) in [5.74, 6) is -0.371. The van der Waals surface area contributed by atoms with E-state index >= 15 is 0 Å². The number of hydrogen-bond acceptors (Lipinski definition) is 4. The van der Waals surface area contributed by atoms with Gasteiger partial charge in [-0.25, -0.2) is 4.79 Å². The standard InChI is InChI=1S/C22H22N2O3S/c1-5-12-24-18-11-10-17(14(2)3)13-19(18)28-22(24)23-20(25)15-6-8-16(9-7-15)21(26)27-4/h5-11,13-14H,1,12H2,2-4H3. The van der Waals surface area contributed by atoms with E-state index in [2.05, 4.69) is 48.4 Å². The number of carbonyl (C=O) groups excluding carboxylic acids is 2. The predicted octanol–water partition coefficient (Wildman–Crippen LogP) is 4.54. The second-order valence-electron chi connectivity index (χ2n) is 6.65. The summed E-state index contributed by atoms with van der Waals surface area (Å²) in [5, 5.41) is 0. The highest BCUT2D eigenvalue weighted by Gasteiger charge is 2.11. The molecule has 28 heavy (non-hydrogen) atoms. The first kappa shape index (κ1) is 19.8. The summed E-state index contributed by atoms with van der Waals surface area (Å²) < 4.78 is 7.74. The van der Waals surface area contributed by atoms with E-state index in [9.17, 15) is 9.59 Å². The first-order valence-corrected chi connectivity index (χ1v) is 9.78. The summed E-state index contributed by atoms with van der Waals surface area (Å²) in [4.78, 5) is 29.1. The third-order valence-corrected chi connectivity index (χ3v) is 5.48.